The Kier molecular flexibility index (Phi) is 2.82. The van der Waals surface area contributed by atoms with Gasteiger partial charge in [-0.15, -0.1) is 0 Å². The number of aromatic nitrogens is 4. The topological polar surface area (TPSA) is 102 Å². The maximum atomic E-state index is 11.8. The van der Waals surface area contributed by atoms with E-state index in [1.807, 2.05) is 6.92 Å². The lowest BCUT2D eigenvalue weighted by atomic mass is 10.2. The van der Waals surface area contributed by atoms with Crippen molar-refractivity contribution in [2.24, 2.45) is 7.05 Å². The van der Waals surface area contributed by atoms with Gasteiger partial charge < -0.3 is 11.1 Å². The van der Waals surface area contributed by atoms with Crippen molar-refractivity contribution in [3.05, 3.63) is 29.3 Å². The van der Waals surface area contributed by atoms with Crippen LogP contribution in [0.3, 0.4) is 0 Å². The molecule has 0 spiro atoms. The van der Waals surface area contributed by atoms with Crippen LogP contribution in [0.5, 0.6) is 0 Å². The number of nitrogens with one attached hydrogen (secondary N) is 2. The van der Waals surface area contributed by atoms with E-state index in [4.69, 9.17) is 5.73 Å². The summed E-state index contributed by atoms with van der Waals surface area (Å²) in [5.41, 5.74) is 8.14. The summed E-state index contributed by atoms with van der Waals surface area (Å²) in [4.78, 5) is 11.8. The van der Waals surface area contributed by atoms with Crippen LogP contribution in [0.4, 0.5) is 5.69 Å². The van der Waals surface area contributed by atoms with Crippen LogP contribution in [-0.2, 0) is 13.6 Å². The lowest BCUT2D eigenvalue weighted by Crippen LogP contribution is -2.24. The Morgan fingerprint density at radius 1 is 1.65 bits per heavy atom. The average Bonchev–Trinajstić information content (AvgIpc) is 2.81. The number of nitrogen functional groups attached to an aromatic ring is 1. The summed E-state index contributed by atoms with van der Waals surface area (Å²) < 4.78 is 1.51. The lowest BCUT2D eigenvalue weighted by molar-refractivity contribution is 0.0946. The maximum absolute atomic E-state index is 11.8. The fraction of sp³-hybridized carbons (Fsp3) is 0.300. The highest BCUT2D eigenvalue weighted by atomic mass is 16.1. The Morgan fingerprint density at radius 2 is 2.41 bits per heavy atom. The number of aryl methyl sites for hydroxylation is 2. The molecule has 0 atom stereocenters. The second kappa shape index (κ2) is 4.28. The third kappa shape index (κ3) is 2.27. The van der Waals surface area contributed by atoms with Gasteiger partial charge in [-0.1, -0.05) is 0 Å². The van der Waals surface area contributed by atoms with Gasteiger partial charge in [0, 0.05) is 31.0 Å². The van der Waals surface area contributed by atoms with Crippen LogP contribution in [0.15, 0.2) is 12.4 Å². The number of nitrogens with zero attached hydrogens (tertiary/aromatic N) is 3. The molecule has 2 aromatic rings. The van der Waals surface area contributed by atoms with Gasteiger partial charge in [-0.05, 0) is 6.92 Å². The van der Waals surface area contributed by atoms with E-state index in [1.165, 1.54) is 4.68 Å². The van der Waals surface area contributed by atoms with E-state index >= 15 is 0 Å². The minimum atomic E-state index is -0.288. The van der Waals surface area contributed by atoms with Gasteiger partial charge >= 0.3 is 0 Å². The van der Waals surface area contributed by atoms with Crippen molar-refractivity contribution in [1.82, 2.24) is 25.3 Å². The summed E-state index contributed by atoms with van der Waals surface area (Å²) in [6, 6.07) is 0. The molecule has 0 aliphatic rings. The summed E-state index contributed by atoms with van der Waals surface area (Å²) in [7, 11) is 1.72. The standard InChI is InChI=1S/C10H14N6O/c1-6-7(4-13-14-6)3-12-10(17)9-8(11)5-16(2)15-9/h4-5H,3,11H2,1-2H3,(H,12,17)(H,13,14). The summed E-state index contributed by atoms with van der Waals surface area (Å²) in [6.07, 6.45) is 3.27. The smallest absolute Gasteiger partial charge is 0.274 e. The van der Waals surface area contributed by atoms with E-state index < -0.39 is 0 Å². The molecule has 2 rings (SSSR count). The van der Waals surface area contributed by atoms with Crippen LogP contribution in [0.1, 0.15) is 21.7 Å². The molecule has 0 aliphatic carbocycles. The van der Waals surface area contributed by atoms with Crippen LogP contribution in [0.2, 0.25) is 0 Å². The number of hydrogen-bond donors (Lipinski definition) is 3. The van der Waals surface area contributed by atoms with Crippen molar-refractivity contribution >= 4 is 11.6 Å². The molecular formula is C10H14N6O. The molecule has 4 N–H and O–H groups in total. The molecule has 0 unspecified atom stereocenters. The normalized spacial score (nSPS) is 10.5. The van der Waals surface area contributed by atoms with Gasteiger partial charge in [0.2, 0.25) is 0 Å². The maximum Gasteiger partial charge on any atom is 0.274 e. The van der Waals surface area contributed by atoms with Gasteiger partial charge in [0.25, 0.3) is 5.91 Å². The third-order valence-corrected chi connectivity index (χ3v) is 2.45. The Balaban J connectivity index is 2.03. The van der Waals surface area contributed by atoms with Gasteiger partial charge in [0.1, 0.15) is 0 Å². The number of nitrogens with two attached hydrogens (primary N) is 1. The molecule has 7 nitrogen and oxygen atoms in total. The number of carbonyl (C=O) groups is 1. The fourth-order valence-electron chi connectivity index (χ4n) is 1.50. The Morgan fingerprint density at radius 3 is 2.94 bits per heavy atom. The minimum Gasteiger partial charge on any atom is -0.396 e. The molecule has 2 heterocycles. The van der Waals surface area contributed by atoms with E-state index in [0.29, 0.717) is 12.2 Å². The van der Waals surface area contributed by atoms with E-state index in [2.05, 4.69) is 20.6 Å². The van der Waals surface area contributed by atoms with Crippen LogP contribution in [0, 0.1) is 6.92 Å². The molecule has 17 heavy (non-hydrogen) atoms. The van der Waals surface area contributed by atoms with E-state index in [9.17, 15) is 4.79 Å². The van der Waals surface area contributed by atoms with Gasteiger partial charge in [-0.2, -0.15) is 10.2 Å². The molecule has 90 valence electrons. The van der Waals surface area contributed by atoms with Crippen molar-refractivity contribution in [1.29, 1.82) is 0 Å². The summed E-state index contributed by atoms with van der Waals surface area (Å²) in [5, 5.41) is 13.4. The highest BCUT2D eigenvalue weighted by Gasteiger charge is 2.13. The molecule has 0 aromatic carbocycles. The van der Waals surface area contributed by atoms with Gasteiger partial charge in [-0.25, -0.2) is 0 Å². The number of H-pyrrole nitrogens is 1. The summed E-state index contributed by atoms with van der Waals surface area (Å²) in [5.74, 6) is -0.288. The van der Waals surface area contributed by atoms with Crippen LogP contribution in [0.25, 0.3) is 0 Å². The summed E-state index contributed by atoms with van der Waals surface area (Å²) in [6.45, 7) is 2.29. The van der Waals surface area contributed by atoms with E-state index in [0.717, 1.165) is 11.3 Å². The predicted octanol–water partition coefficient (Wildman–Crippen LogP) is -0.0362. The van der Waals surface area contributed by atoms with Crippen LogP contribution >= 0.6 is 0 Å². The van der Waals surface area contributed by atoms with Crippen molar-refractivity contribution in [2.45, 2.75) is 13.5 Å². The zero-order valence-corrected chi connectivity index (χ0v) is 9.69. The summed E-state index contributed by atoms with van der Waals surface area (Å²) >= 11 is 0. The number of hydrogen-bond acceptors (Lipinski definition) is 4. The first kappa shape index (κ1) is 11.2. The number of aromatic amines is 1. The second-order valence-corrected chi connectivity index (χ2v) is 3.81. The van der Waals surface area contributed by atoms with Crippen molar-refractivity contribution < 1.29 is 4.79 Å². The van der Waals surface area contributed by atoms with Crippen molar-refractivity contribution in [2.75, 3.05) is 5.73 Å². The van der Waals surface area contributed by atoms with Crippen molar-refractivity contribution in [3.63, 3.8) is 0 Å². The molecule has 1 amide bonds. The lowest BCUT2D eigenvalue weighted by Gasteiger charge is -2.02. The van der Waals surface area contributed by atoms with Gasteiger partial charge in [0.05, 0.1) is 11.9 Å². The fourth-order valence-corrected chi connectivity index (χ4v) is 1.50. The zero-order valence-electron chi connectivity index (χ0n) is 9.69. The highest BCUT2D eigenvalue weighted by Crippen LogP contribution is 2.08. The molecule has 0 bridgehead atoms. The second-order valence-electron chi connectivity index (χ2n) is 3.81. The quantitative estimate of drug-likeness (QED) is 0.693. The molecule has 0 saturated heterocycles. The first-order valence-electron chi connectivity index (χ1n) is 5.14. The van der Waals surface area contributed by atoms with Gasteiger partial charge in [0.15, 0.2) is 5.69 Å². The molecule has 0 saturated carbocycles. The third-order valence-electron chi connectivity index (χ3n) is 2.45. The molecule has 0 aliphatic heterocycles. The molecular weight excluding hydrogens is 220 g/mol. The van der Waals surface area contributed by atoms with E-state index in [1.54, 1.807) is 19.4 Å². The van der Waals surface area contributed by atoms with Gasteiger partial charge in [-0.3, -0.25) is 14.6 Å². The average molecular weight is 234 g/mol. The monoisotopic (exact) mass is 234 g/mol. The molecule has 0 radical (unpaired) electrons. The minimum absolute atomic E-state index is 0.244. The Hall–Kier alpha value is -2.31. The highest BCUT2D eigenvalue weighted by molar-refractivity contribution is 5.96. The molecule has 2 aromatic heterocycles. The molecule has 7 heteroatoms. The first-order chi connectivity index (χ1) is 8.08. The number of carbonyl (C=O) groups excluding carboxylic acids is 1. The number of rotatable bonds is 3. The zero-order chi connectivity index (χ0) is 12.4. The number of amides is 1. The van der Waals surface area contributed by atoms with Crippen LogP contribution < -0.4 is 11.1 Å². The van der Waals surface area contributed by atoms with Crippen molar-refractivity contribution in [3.8, 4) is 0 Å². The first-order valence-corrected chi connectivity index (χ1v) is 5.14. The van der Waals surface area contributed by atoms with Crippen LogP contribution in [-0.4, -0.2) is 25.9 Å². The number of anilines is 1. The Bertz CT molecular complexity index is 541. The predicted molar refractivity (Wildman–Crippen MR) is 62.1 cm³/mol. The SMILES string of the molecule is Cc1[nH]ncc1CNC(=O)c1nn(C)cc1N. The molecule has 0 fully saturated rings. The largest absolute Gasteiger partial charge is 0.396 e. The Labute approximate surface area is 98.0 Å². The van der Waals surface area contributed by atoms with E-state index in [-0.39, 0.29) is 11.6 Å².